The number of aliphatic imine (C=N–C) groups is 1. The molecule has 4 heteroatoms. The van der Waals surface area contributed by atoms with Gasteiger partial charge in [0.25, 0.3) is 0 Å². The zero-order chi connectivity index (χ0) is 12.5. The van der Waals surface area contributed by atoms with Crippen molar-refractivity contribution in [1.82, 2.24) is 9.97 Å². The number of hydrogen-bond acceptors (Lipinski definition) is 3. The molecule has 1 atom stereocenters. The number of aromatic amines is 1. The van der Waals surface area contributed by atoms with E-state index in [0.29, 0.717) is 12.0 Å². The normalized spacial score (nSPS) is 19.7. The molecule has 18 heavy (non-hydrogen) atoms. The first-order valence-electron chi connectivity index (χ1n) is 6.36. The van der Waals surface area contributed by atoms with Crippen LogP contribution in [0.25, 0.3) is 10.9 Å². The van der Waals surface area contributed by atoms with Crippen molar-refractivity contribution in [3.05, 3.63) is 30.2 Å². The van der Waals surface area contributed by atoms with Gasteiger partial charge in [0.05, 0.1) is 23.4 Å². The molecular formula is C14H17N3S. The second-order valence-electron chi connectivity index (χ2n) is 5.17. The molecule has 2 aromatic heterocycles. The van der Waals surface area contributed by atoms with Gasteiger partial charge in [0, 0.05) is 17.3 Å². The summed E-state index contributed by atoms with van der Waals surface area (Å²) >= 11 is 1.86. The highest BCUT2D eigenvalue weighted by molar-refractivity contribution is 8.14. The van der Waals surface area contributed by atoms with E-state index in [1.165, 1.54) is 11.8 Å². The van der Waals surface area contributed by atoms with Gasteiger partial charge in [-0.3, -0.25) is 9.98 Å². The average molecular weight is 259 g/mol. The summed E-state index contributed by atoms with van der Waals surface area (Å²) in [7, 11) is 0. The number of pyridine rings is 1. The molecule has 2 aromatic rings. The molecule has 1 N–H and O–H groups in total. The minimum Gasteiger partial charge on any atom is -0.352 e. The average Bonchev–Trinajstić information content (AvgIpc) is 2.93. The van der Waals surface area contributed by atoms with Gasteiger partial charge in [-0.05, 0) is 24.5 Å². The van der Waals surface area contributed by atoms with Crippen LogP contribution in [-0.4, -0.2) is 26.8 Å². The molecule has 0 spiro atoms. The lowest BCUT2D eigenvalue weighted by Crippen LogP contribution is -2.07. The summed E-state index contributed by atoms with van der Waals surface area (Å²) < 4.78 is 0. The van der Waals surface area contributed by atoms with E-state index in [9.17, 15) is 0 Å². The van der Waals surface area contributed by atoms with Gasteiger partial charge in [-0.1, -0.05) is 13.8 Å². The fraction of sp³-hybridized carbons (Fsp3) is 0.429. The zero-order valence-electron chi connectivity index (χ0n) is 10.7. The lowest BCUT2D eigenvalue weighted by Gasteiger charge is -2.07. The van der Waals surface area contributed by atoms with Gasteiger partial charge in [-0.2, -0.15) is 0 Å². The third kappa shape index (κ3) is 2.29. The maximum absolute atomic E-state index is 4.82. The molecule has 3 nitrogen and oxygen atoms in total. The summed E-state index contributed by atoms with van der Waals surface area (Å²) in [6.45, 7) is 4.51. The second kappa shape index (κ2) is 4.76. The Bertz CT molecular complexity index is 552. The number of thioether (sulfide) groups is 1. The first-order valence-corrected chi connectivity index (χ1v) is 7.34. The molecule has 1 aliphatic heterocycles. The predicted octanol–water partition coefficient (Wildman–Crippen LogP) is 3.47. The lowest BCUT2D eigenvalue weighted by atomic mass is 10.1. The zero-order valence-corrected chi connectivity index (χ0v) is 11.5. The van der Waals surface area contributed by atoms with Crippen molar-refractivity contribution < 1.29 is 0 Å². The molecule has 0 aromatic carbocycles. The smallest absolute Gasteiger partial charge is 0.114 e. The topological polar surface area (TPSA) is 41.0 Å². The molecule has 0 fully saturated rings. The summed E-state index contributed by atoms with van der Waals surface area (Å²) in [5.41, 5.74) is 2.22. The summed E-state index contributed by atoms with van der Waals surface area (Å²) in [6.07, 6.45) is 4.87. The van der Waals surface area contributed by atoms with Crippen LogP contribution in [0.3, 0.4) is 0 Å². The SMILES string of the molecule is CC(C)CC1CSC(c2cc3ccncc3[nH]2)=N1. The summed E-state index contributed by atoms with van der Waals surface area (Å²) in [6, 6.07) is 4.68. The number of nitrogens with one attached hydrogen (secondary N) is 1. The number of fused-ring (bicyclic) bond motifs is 1. The number of nitrogens with zero attached hydrogens (tertiary/aromatic N) is 2. The molecule has 3 rings (SSSR count). The highest BCUT2D eigenvalue weighted by Crippen LogP contribution is 2.27. The largest absolute Gasteiger partial charge is 0.352 e. The van der Waals surface area contributed by atoms with E-state index < -0.39 is 0 Å². The van der Waals surface area contributed by atoms with Crippen LogP contribution in [0.2, 0.25) is 0 Å². The van der Waals surface area contributed by atoms with Crippen molar-refractivity contribution in [2.24, 2.45) is 10.9 Å². The van der Waals surface area contributed by atoms with Gasteiger partial charge in [-0.15, -0.1) is 11.8 Å². The van der Waals surface area contributed by atoms with Crippen molar-refractivity contribution in [3.8, 4) is 0 Å². The van der Waals surface area contributed by atoms with Crippen molar-refractivity contribution in [2.75, 3.05) is 5.75 Å². The van der Waals surface area contributed by atoms with Crippen LogP contribution in [-0.2, 0) is 0 Å². The summed E-state index contributed by atoms with van der Waals surface area (Å²) in [5.74, 6) is 1.83. The van der Waals surface area contributed by atoms with Crippen LogP contribution in [0.5, 0.6) is 0 Å². The van der Waals surface area contributed by atoms with E-state index in [1.54, 1.807) is 0 Å². The fourth-order valence-electron chi connectivity index (χ4n) is 2.32. The maximum Gasteiger partial charge on any atom is 0.114 e. The number of rotatable bonds is 3. The quantitative estimate of drug-likeness (QED) is 0.917. The monoisotopic (exact) mass is 259 g/mol. The summed E-state index contributed by atoms with van der Waals surface area (Å²) in [4.78, 5) is 12.3. The third-order valence-electron chi connectivity index (χ3n) is 3.11. The Labute approximate surface area is 111 Å². The minimum atomic E-state index is 0.481. The molecule has 0 aliphatic carbocycles. The molecule has 0 saturated carbocycles. The van der Waals surface area contributed by atoms with E-state index in [-0.39, 0.29) is 0 Å². The van der Waals surface area contributed by atoms with Crippen molar-refractivity contribution in [2.45, 2.75) is 26.3 Å². The molecule has 0 amide bonds. The van der Waals surface area contributed by atoms with Crippen molar-refractivity contribution >= 4 is 27.7 Å². The number of H-pyrrole nitrogens is 1. The van der Waals surface area contributed by atoms with E-state index in [0.717, 1.165) is 22.0 Å². The highest BCUT2D eigenvalue weighted by Gasteiger charge is 2.21. The van der Waals surface area contributed by atoms with E-state index in [1.807, 2.05) is 30.2 Å². The van der Waals surface area contributed by atoms with Crippen molar-refractivity contribution in [3.63, 3.8) is 0 Å². The molecule has 1 unspecified atom stereocenters. The van der Waals surface area contributed by atoms with Crippen LogP contribution in [0.1, 0.15) is 26.0 Å². The van der Waals surface area contributed by atoms with Crippen LogP contribution in [0.4, 0.5) is 0 Å². The molecule has 1 aliphatic rings. The van der Waals surface area contributed by atoms with Crippen molar-refractivity contribution in [1.29, 1.82) is 0 Å². The number of aromatic nitrogens is 2. The van der Waals surface area contributed by atoms with Gasteiger partial charge >= 0.3 is 0 Å². The Morgan fingerprint density at radius 3 is 3.17 bits per heavy atom. The molecule has 0 radical (unpaired) electrons. The molecule has 0 saturated heterocycles. The molecular weight excluding hydrogens is 242 g/mol. The third-order valence-corrected chi connectivity index (χ3v) is 4.26. The van der Waals surface area contributed by atoms with E-state index >= 15 is 0 Å². The summed E-state index contributed by atoms with van der Waals surface area (Å²) in [5, 5.41) is 2.35. The second-order valence-corrected chi connectivity index (χ2v) is 6.18. The Morgan fingerprint density at radius 1 is 1.50 bits per heavy atom. The van der Waals surface area contributed by atoms with Gasteiger partial charge in [0.2, 0.25) is 0 Å². The standard InChI is InChI=1S/C14H17N3S/c1-9(2)5-11-8-18-14(16-11)12-6-10-3-4-15-7-13(10)17-12/h3-4,6-7,9,11,17H,5,8H2,1-2H3. The fourth-order valence-corrected chi connectivity index (χ4v) is 3.37. The molecule has 94 valence electrons. The first kappa shape index (κ1) is 11.8. The highest BCUT2D eigenvalue weighted by atomic mass is 32.2. The number of hydrogen-bond donors (Lipinski definition) is 1. The van der Waals surface area contributed by atoms with Gasteiger partial charge in [0.1, 0.15) is 5.04 Å². The van der Waals surface area contributed by atoms with Gasteiger partial charge in [0.15, 0.2) is 0 Å². The van der Waals surface area contributed by atoms with E-state index in [2.05, 4.69) is 29.9 Å². The first-order chi connectivity index (χ1) is 8.72. The van der Waals surface area contributed by atoms with Crippen LogP contribution in [0.15, 0.2) is 29.5 Å². The Morgan fingerprint density at radius 2 is 2.39 bits per heavy atom. The Kier molecular flexibility index (Phi) is 3.12. The van der Waals surface area contributed by atoms with Gasteiger partial charge in [-0.25, -0.2) is 0 Å². The lowest BCUT2D eigenvalue weighted by molar-refractivity contribution is 0.529. The van der Waals surface area contributed by atoms with Crippen LogP contribution >= 0.6 is 11.8 Å². The molecule has 3 heterocycles. The van der Waals surface area contributed by atoms with E-state index in [4.69, 9.17) is 4.99 Å². The van der Waals surface area contributed by atoms with Crippen LogP contribution < -0.4 is 0 Å². The minimum absolute atomic E-state index is 0.481. The Hall–Kier alpha value is -1.29. The predicted molar refractivity (Wildman–Crippen MR) is 78.3 cm³/mol. The van der Waals surface area contributed by atoms with Gasteiger partial charge < -0.3 is 4.98 Å². The van der Waals surface area contributed by atoms with Crippen LogP contribution in [0, 0.1) is 5.92 Å². The molecule has 0 bridgehead atoms. The Balaban J connectivity index is 1.86. The maximum atomic E-state index is 4.82.